The van der Waals surface area contributed by atoms with Crippen LogP contribution in [0.25, 0.3) is 0 Å². The highest BCUT2D eigenvalue weighted by molar-refractivity contribution is 9.70. The van der Waals surface area contributed by atoms with Gasteiger partial charge in [0.05, 0.1) is 0 Å². The van der Waals surface area contributed by atoms with Crippen LogP contribution in [-0.4, -0.2) is 12.8 Å². The minimum Gasteiger partial charge on any atom is -0.304 e. The zero-order chi connectivity index (χ0) is 8.41. The summed E-state index contributed by atoms with van der Waals surface area (Å²) < 4.78 is 44.8. The third-order valence-corrected chi connectivity index (χ3v) is 2.04. The van der Waals surface area contributed by atoms with Gasteiger partial charge in [-0.05, 0) is 0 Å². The van der Waals surface area contributed by atoms with Gasteiger partial charge >= 0.3 is 10.9 Å². The Hall–Kier alpha value is 0.940. The summed E-state index contributed by atoms with van der Waals surface area (Å²) in [5.74, 6) is 0. The van der Waals surface area contributed by atoms with E-state index in [1.54, 1.807) is 0 Å². The maximum absolute atomic E-state index is 11.3. The first kappa shape index (κ1) is 10.9. The summed E-state index contributed by atoms with van der Waals surface area (Å²) in [6.07, 6.45) is -4.45. The Morgan fingerprint density at radius 2 is 1.80 bits per heavy atom. The molecule has 0 fully saturated rings. The van der Waals surface area contributed by atoms with Gasteiger partial charge < -0.3 is 4.52 Å². The third-order valence-electron chi connectivity index (χ3n) is 0.379. The van der Waals surface area contributed by atoms with E-state index in [2.05, 4.69) is 35.5 Å². The summed E-state index contributed by atoms with van der Waals surface area (Å²) in [6, 6.07) is 0. The predicted molar refractivity (Wildman–Crippen MR) is 37.5 cm³/mol. The van der Waals surface area contributed by atoms with Gasteiger partial charge in [-0.3, -0.25) is 4.57 Å². The molecule has 0 bridgehead atoms. The summed E-state index contributed by atoms with van der Waals surface area (Å²) >= 11 is 4.76. The molecule has 0 amide bonds. The van der Waals surface area contributed by atoms with Gasteiger partial charge in [0.15, 0.2) is 6.61 Å². The van der Waals surface area contributed by atoms with Crippen LogP contribution < -0.4 is 0 Å². The molecule has 10 heavy (non-hydrogen) atoms. The molecule has 8 heteroatoms. The van der Waals surface area contributed by atoms with Crippen molar-refractivity contribution in [2.45, 2.75) is 6.18 Å². The number of alkyl halides is 3. The van der Waals surface area contributed by atoms with E-state index in [0.717, 1.165) is 0 Å². The van der Waals surface area contributed by atoms with Crippen molar-refractivity contribution in [3.63, 3.8) is 0 Å². The van der Waals surface area contributed by atoms with E-state index in [1.807, 2.05) is 0 Å². The molecule has 0 aliphatic rings. The fourth-order valence-electron chi connectivity index (χ4n) is 0.148. The monoisotopic (exact) mass is 304 g/mol. The van der Waals surface area contributed by atoms with Crippen LogP contribution in [0.3, 0.4) is 0 Å². The Balaban J connectivity index is 3.67. The molecule has 0 spiro atoms. The van der Waals surface area contributed by atoms with Gasteiger partial charge in [0.1, 0.15) is 0 Å². The van der Waals surface area contributed by atoms with Gasteiger partial charge in [-0.1, -0.05) is 0 Å². The molecule has 0 saturated heterocycles. The van der Waals surface area contributed by atoms with Crippen molar-refractivity contribution < 1.29 is 22.3 Å². The van der Waals surface area contributed by atoms with E-state index in [4.69, 9.17) is 0 Å². The summed E-state index contributed by atoms with van der Waals surface area (Å²) in [7, 11) is 0. The zero-order valence-electron chi connectivity index (χ0n) is 4.36. The first-order valence-corrected chi connectivity index (χ1v) is 7.57. The van der Waals surface area contributed by atoms with Crippen molar-refractivity contribution in [2.24, 2.45) is 0 Å². The number of halogens is 5. The van der Waals surface area contributed by atoms with Crippen molar-refractivity contribution >= 4 is 35.8 Å². The molecule has 0 aromatic carbocycles. The lowest BCUT2D eigenvalue weighted by molar-refractivity contribution is -0.152. The standard InChI is InChI=1S/C2H2Br2F3O2P/c3-10(4,8)9-1-2(5,6)7/h1H2. The SMILES string of the molecule is O=P(Br)(Br)OCC(F)(F)F. The molecule has 0 aliphatic heterocycles. The molecule has 0 aromatic rings. The minimum absolute atomic E-state index is 1.53. The van der Waals surface area contributed by atoms with Gasteiger partial charge in [0, 0.05) is 31.0 Å². The average Bonchev–Trinajstić information content (AvgIpc) is 1.57. The second-order valence-electron chi connectivity index (χ2n) is 1.30. The van der Waals surface area contributed by atoms with Crippen molar-refractivity contribution in [3.8, 4) is 0 Å². The van der Waals surface area contributed by atoms with E-state index in [0.29, 0.717) is 0 Å². The maximum atomic E-state index is 11.3. The van der Waals surface area contributed by atoms with Crippen LogP contribution in [0.5, 0.6) is 0 Å². The molecule has 0 aliphatic carbocycles. The van der Waals surface area contributed by atoms with Gasteiger partial charge in [0.2, 0.25) is 0 Å². The lowest BCUT2D eigenvalue weighted by Crippen LogP contribution is -2.14. The second kappa shape index (κ2) is 3.56. The number of hydrogen-bond acceptors (Lipinski definition) is 2. The fourth-order valence-corrected chi connectivity index (χ4v) is 1.06. The topological polar surface area (TPSA) is 26.3 Å². The molecule has 0 atom stereocenters. The molecule has 2 nitrogen and oxygen atoms in total. The predicted octanol–water partition coefficient (Wildman–Crippen LogP) is 3.46. The summed E-state index contributed by atoms with van der Waals surface area (Å²) in [4.78, 5) is 0. The molecule has 0 radical (unpaired) electrons. The largest absolute Gasteiger partial charge is 0.412 e. The molecule has 62 valence electrons. The van der Waals surface area contributed by atoms with E-state index < -0.39 is 17.6 Å². The molecule has 0 N–H and O–H groups in total. The van der Waals surface area contributed by atoms with Crippen molar-refractivity contribution in [1.29, 1.82) is 0 Å². The van der Waals surface area contributed by atoms with Crippen LogP contribution in [0, 0.1) is 0 Å². The fraction of sp³-hybridized carbons (Fsp3) is 1.00. The average molecular weight is 306 g/mol. The normalized spacial score (nSPS) is 13.7. The highest BCUT2D eigenvalue weighted by atomic mass is 79.9. The summed E-state index contributed by atoms with van der Waals surface area (Å²) in [6.45, 7) is -1.53. The second-order valence-corrected chi connectivity index (χ2v) is 10.8. The Morgan fingerprint density at radius 1 is 1.40 bits per heavy atom. The summed E-state index contributed by atoms with van der Waals surface area (Å²) in [5.41, 5.74) is 0. The smallest absolute Gasteiger partial charge is 0.304 e. The Morgan fingerprint density at radius 3 is 1.90 bits per heavy atom. The Bertz CT molecular complexity index is 151. The van der Waals surface area contributed by atoms with Gasteiger partial charge in [-0.25, -0.2) is 0 Å². The maximum Gasteiger partial charge on any atom is 0.412 e. The molecular formula is C2H2Br2F3O2P. The first-order chi connectivity index (χ1) is 4.21. The lowest BCUT2D eigenvalue weighted by Gasteiger charge is -2.07. The van der Waals surface area contributed by atoms with Crippen molar-refractivity contribution in [3.05, 3.63) is 0 Å². The Kier molecular flexibility index (Phi) is 3.89. The van der Waals surface area contributed by atoms with Crippen LogP contribution in [0.4, 0.5) is 13.2 Å². The Labute approximate surface area is 71.0 Å². The van der Waals surface area contributed by atoms with Gasteiger partial charge in [-0.2, -0.15) is 13.2 Å². The van der Waals surface area contributed by atoms with E-state index >= 15 is 0 Å². The van der Waals surface area contributed by atoms with Gasteiger partial charge in [-0.15, -0.1) is 0 Å². The minimum atomic E-state index is -4.45. The third kappa shape index (κ3) is 8.94. The molecule has 0 rings (SSSR count). The van der Waals surface area contributed by atoms with E-state index in [1.165, 1.54) is 0 Å². The van der Waals surface area contributed by atoms with E-state index in [9.17, 15) is 17.7 Å². The highest BCUT2D eigenvalue weighted by Crippen LogP contribution is 2.62. The first-order valence-electron chi connectivity index (χ1n) is 1.91. The molecule has 0 aromatic heterocycles. The van der Waals surface area contributed by atoms with Crippen LogP contribution in [0.2, 0.25) is 0 Å². The van der Waals surface area contributed by atoms with Gasteiger partial charge in [0.25, 0.3) is 0 Å². The zero-order valence-corrected chi connectivity index (χ0v) is 8.43. The van der Waals surface area contributed by atoms with Crippen LogP contribution >= 0.6 is 35.8 Å². The molecule has 0 heterocycles. The highest BCUT2D eigenvalue weighted by Gasteiger charge is 2.31. The van der Waals surface area contributed by atoms with Crippen LogP contribution in [0.1, 0.15) is 0 Å². The molecular weight excluding hydrogens is 304 g/mol. The van der Waals surface area contributed by atoms with Crippen molar-refractivity contribution in [1.82, 2.24) is 0 Å². The lowest BCUT2D eigenvalue weighted by atomic mass is 10.7. The number of rotatable bonds is 2. The van der Waals surface area contributed by atoms with Crippen LogP contribution in [-0.2, 0) is 9.09 Å². The molecule has 0 unspecified atom stereocenters. The summed E-state index contributed by atoms with van der Waals surface area (Å²) in [5, 5.41) is 0. The quantitative estimate of drug-likeness (QED) is 0.730. The van der Waals surface area contributed by atoms with E-state index in [-0.39, 0.29) is 0 Å². The van der Waals surface area contributed by atoms with Crippen LogP contribution in [0.15, 0.2) is 0 Å². The van der Waals surface area contributed by atoms with Crippen molar-refractivity contribution in [2.75, 3.05) is 6.61 Å². The number of hydrogen-bond donors (Lipinski definition) is 0. The molecule has 0 saturated carbocycles.